The first kappa shape index (κ1) is 25.1. The van der Waals surface area contributed by atoms with Crippen molar-refractivity contribution in [3.05, 3.63) is 98.6 Å². The van der Waals surface area contributed by atoms with Gasteiger partial charge < -0.3 is 0 Å². The molecule has 1 heterocycles. The van der Waals surface area contributed by atoms with Crippen LogP contribution in [0.25, 0.3) is 11.3 Å². The van der Waals surface area contributed by atoms with E-state index in [-0.39, 0.29) is 4.90 Å². The van der Waals surface area contributed by atoms with Gasteiger partial charge in [0.25, 0.3) is 0 Å². The monoisotopic (exact) mass is 524 g/mol. The molecule has 0 aliphatic carbocycles. The van der Waals surface area contributed by atoms with Gasteiger partial charge >= 0.3 is 0 Å². The van der Waals surface area contributed by atoms with Crippen LogP contribution in [0.1, 0.15) is 16.7 Å². The number of aryl methyl sites for hydroxylation is 2. The number of sulfonamides is 1. The summed E-state index contributed by atoms with van der Waals surface area (Å²) in [7, 11) is -0.556. The summed E-state index contributed by atoms with van der Waals surface area (Å²) in [5, 5.41) is 7.38. The number of benzene rings is 3. The van der Waals surface area contributed by atoms with Crippen LogP contribution in [-0.4, -0.2) is 37.7 Å². The number of thiazole rings is 1. The second-order valence-corrected chi connectivity index (χ2v) is 11.6. The lowest BCUT2D eigenvalue weighted by atomic mass is 10.1. The third-order valence-corrected chi connectivity index (χ3v) is 8.28. The minimum Gasteiger partial charge on any atom is -0.219 e. The van der Waals surface area contributed by atoms with Crippen molar-refractivity contribution in [2.75, 3.05) is 14.1 Å². The first-order valence-electron chi connectivity index (χ1n) is 10.8. The van der Waals surface area contributed by atoms with Gasteiger partial charge in [0.05, 0.1) is 22.5 Å². The molecule has 0 atom stereocenters. The molecule has 4 rings (SSSR count). The van der Waals surface area contributed by atoms with Crippen LogP contribution in [0.2, 0.25) is 5.02 Å². The van der Waals surface area contributed by atoms with Crippen LogP contribution in [0, 0.1) is 13.8 Å². The van der Waals surface area contributed by atoms with E-state index < -0.39 is 10.0 Å². The Morgan fingerprint density at radius 2 is 1.66 bits per heavy atom. The average Bonchev–Trinajstić information content (AvgIpc) is 3.22. The first-order chi connectivity index (χ1) is 16.6. The van der Waals surface area contributed by atoms with Crippen LogP contribution in [0.15, 0.2) is 87.1 Å². The maximum atomic E-state index is 12.7. The molecule has 6 nitrogen and oxygen atoms in total. The van der Waals surface area contributed by atoms with Crippen LogP contribution >= 0.6 is 22.9 Å². The predicted molar refractivity (Wildman–Crippen MR) is 144 cm³/mol. The standard InChI is InChI=1S/C26H25ClN4O2S2/c1-18-5-10-21(11-6-18)25-17-34-26(31(25)28-16-20-8-12-22(27)13-9-20)29-24-15-23(14-7-19(24)2)35(32,33)30(3)4/h5-17H,1-4H3. The second kappa shape index (κ2) is 10.3. The zero-order valence-electron chi connectivity index (χ0n) is 19.8. The predicted octanol–water partition coefficient (Wildman–Crippen LogP) is 5.85. The molecular weight excluding hydrogens is 500 g/mol. The third kappa shape index (κ3) is 5.62. The van der Waals surface area contributed by atoms with Crippen molar-refractivity contribution in [2.45, 2.75) is 18.7 Å². The zero-order valence-corrected chi connectivity index (χ0v) is 22.2. The molecule has 1 aromatic heterocycles. The Labute approximate surface area is 214 Å². The third-order valence-electron chi connectivity index (χ3n) is 5.40. The van der Waals surface area contributed by atoms with Crippen molar-refractivity contribution < 1.29 is 8.42 Å². The first-order valence-corrected chi connectivity index (χ1v) is 13.5. The fourth-order valence-corrected chi connectivity index (χ4v) is 5.17. The molecule has 0 saturated carbocycles. The van der Waals surface area contributed by atoms with E-state index in [1.165, 1.54) is 35.3 Å². The Morgan fingerprint density at radius 1 is 0.971 bits per heavy atom. The highest BCUT2D eigenvalue weighted by atomic mass is 35.5. The summed E-state index contributed by atoms with van der Waals surface area (Å²) < 4.78 is 28.3. The van der Waals surface area contributed by atoms with Gasteiger partial charge in [-0.3, -0.25) is 0 Å². The van der Waals surface area contributed by atoms with E-state index in [1.54, 1.807) is 29.1 Å². The van der Waals surface area contributed by atoms with Crippen LogP contribution in [0.3, 0.4) is 0 Å². The quantitative estimate of drug-likeness (QED) is 0.297. The van der Waals surface area contributed by atoms with Crippen molar-refractivity contribution in [1.29, 1.82) is 0 Å². The number of hydrogen-bond donors (Lipinski definition) is 0. The van der Waals surface area contributed by atoms with Gasteiger partial charge in [0.2, 0.25) is 14.8 Å². The van der Waals surface area contributed by atoms with Crippen LogP contribution in [-0.2, 0) is 10.0 Å². The summed E-state index contributed by atoms with van der Waals surface area (Å²) in [4.78, 5) is 5.64. The molecule has 180 valence electrons. The normalized spacial score (nSPS) is 12.7. The molecule has 0 fully saturated rings. The molecule has 0 amide bonds. The summed E-state index contributed by atoms with van der Waals surface area (Å²) in [5.74, 6) is 0. The molecule has 0 spiro atoms. The van der Waals surface area contributed by atoms with Crippen molar-refractivity contribution in [3.63, 3.8) is 0 Å². The van der Waals surface area contributed by atoms with Gasteiger partial charge in [-0.2, -0.15) is 5.10 Å². The summed E-state index contributed by atoms with van der Waals surface area (Å²) in [6.07, 6.45) is 1.75. The maximum Gasteiger partial charge on any atom is 0.242 e. The lowest BCUT2D eigenvalue weighted by Gasteiger charge is -2.12. The second-order valence-electron chi connectivity index (χ2n) is 8.22. The minimum absolute atomic E-state index is 0.193. The number of nitrogens with zero attached hydrogens (tertiary/aromatic N) is 4. The van der Waals surface area contributed by atoms with E-state index in [0.29, 0.717) is 15.5 Å². The van der Waals surface area contributed by atoms with E-state index in [0.717, 1.165) is 22.4 Å². The van der Waals surface area contributed by atoms with Crippen LogP contribution in [0.4, 0.5) is 5.69 Å². The molecule has 35 heavy (non-hydrogen) atoms. The molecule has 0 unspecified atom stereocenters. The SMILES string of the molecule is Cc1ccc(-c2csc(=Nc3cc(S(=O)(=O)N(C)C)ccc3C)n2N=Cc2ccc(Cl)cc2)cc1. The largest absolute Gasteiger partial charge is 0.242 e. The van der Waals surface area contributed by atoms with Crippen molar-refractivity contribution in [2.24, 2.45) is 10.1 Å². The Morgan fingerprint density at radius 3 is 2.31 bits per heavy atom. The Hall–Kier alpha value is -3.04. The Kier molecular flexibility index (Phi) is 7.37. The fourth-order valence-electron chi connectivity index (χ4n) is 3.27. The molecule has 3 aromatic carbocycles. The molecule has 9 heteroatoms. The van der Waals surface area contributed by atoms with Crippen molar-refractivity contribution >= 4 is 44.9 Å². The van der Waals surface area contributed by atoms with Crippen LogP contribution < -0.4 is 4.80 Å². The number of rotatable bonds is 6. The summed E-state index contributed by atoms with van der Waals surface area (Å²) in [6.45, 7) is 3.95. The number of aromatic nitrogens is 1. The molecule has 0 aliphatic rings. The highest BCUT2D eigenvalue weighted by Gasteiger charge is 2.18. The van der Waals surface area contributed by atoms with Crippen molar-refractivity contribution in [3.8, 4) is 11.3 Å². The van der Waals surface area contributed by atoms with Gasteiger partial charge in [-0.1, -0.05) is 59.6 Å². The van der Waals surface area contributed by atoms with Gasteiger partial charge in [-0.05, 0) is 49.2 Å². The van der Waals surface area contributed by atoms with Gasteiger partial charge in [-0.25, -0.2) is 22.4 Å². The van der Waals surface area contributed by atoms with E-state index in [2.05, 4.69) is 12.1 Å². The summed E-state index contributed by atoms with van der Waals surface area (Å²) in [6, 6.07) is 20.6. The van der Waals surface area contributed by atoms with Crippen LogP contribution in [0.5, 0.6) is 0 Å². The van der Waals surface area contributed by atoms with Gasteiger partial charge in [0.1, 0.15) is 0 Å². The topological polar surface area (TPSA) is 67.0 Å². The molecular formula is C26H25ClN4O2S2. The number of hydrogen-bond acceptors (Lipinski definition) is 5. The summed E-state index contributed by atoms with van der Waals surface area (Å²) >= 11 is 7.45. The lowest BCUT2D eigenvalue weighted by molar-refractivity contribution is 0.521. The Balaban J connectivity index is 1.88. The van der Waals surface area contributed by atoms with E-state index in [1.807, 2.05) is 55.6 Å². The Bertz CT molecular complexity index is 1550. The summed E-state index contributed by atoms with van der Waals surface area (Å²) in [5.41, 5.74) is 5.38. The number of halogens is 1. The maximum absolute atomic E-state index is 12.7. The molecule has 0 bridgehead atoms. The van der Waals surface area contributed by atoms with Gasteiger partial charge in [0, 0.05) is 30.1 Å². The lowest BCUT2D eigenvalue weighted by Crippen LogP contribution is -2.22. The van der Waals surface area contributed by atoms with Gasteiger partial charge in [0.15, 0.2) is 0 Å². The molecule has 4 aromatic rings. The molecule has 0 aliphatic heterocycles. The fraction of sp³-hybridized carbons (Fsp3) is 0.154. The smallest absolute Gasteiger partial charge is 0.219 e. The average molecular weight is 525 g/mol. The van der Waals surface area contributed by atoms with E-state index >= 15 is 0 Å². The minimum atomic E-state index is -3.58. The van der Waals surface area contributed by atoms with Gasteiger partial charge in [-0.15, -0.1) is 11.3 Å². The van der Waals surface area contributed by atoms with Crippen molar-refractivity contribution in [1.82, 2.24) is 8.98 Å². The zero-order chi connectivity index (χ0) is 25.2. The highest BCUT2D eigenvalue weighted by Crippen LogP contribution is 2.25. The molecule has 0 N–H and O–H groups in total. The highest BCUT2D eigenvalue weighted by molar-refractivity contribution is 7.89. The molecule has 0 saturated heterocycles. The van der Waals surface area contributed by atoms with E-state index in [9.17, 15) is 8.42 Å². The molecule has 0 radical (unpaired) electrons. The van der Waals surface area contributed by atoms with E-state index in [4.69, 9.17) is 21.7 Å².